The van der Waals surface area contributed by atoms with Crippen LogP contribution in [0.15, 0.2) is 24.3 Å². The van der Waals surface area contributed by atoms with Crippen molar-refractivity contribution in [2.45, 2.75) is 45.1 Å². The maximum Gasteiger partial charge on any atom is 0.0406 e. The Bertz CT molecular complexity index is 326. The van der Waals surface area contributed by atoms with Crippen molar-refractivity contribution < 1.29 is 0 Å². The molecule has 1 unspecified atom stereocenters. The van der Waals surface area contributed by atoms with Gasteiger partial charge >= 0.3 is 0 Å². The molecule has 1 N–H and O–H groups in total. The van der Waals surface area contributed by atoms with E-state index in [1.54, 1.807) is 0 Å². The van der Waals surface area contributed by atoms with Gasteiger partial charge in [-0.3, -0.25) is 0 Å². The molecule has 1 aromatic carbocycles. The normalized spacial score (nSPS) is 12.6. The average molecular weight is 300 g/mol. The number of benzene rings is 1. The van der Waals surface area contributed by atoms with Gasteiger partial charge in [-0.25, -0.2) is 0 Å². The van der Waals surface area contributed by atoms with Crippen LogP contribution in [0.25, 0.3) is 0 Å². The van der Waals surface area contributed by atoms with Crippen molar-refractivity contribution in [1.82, 2.24) is 5.32 Å². The first-order chi connectivity index (χ1) is 9.27. The molecule has 1 aromatic rings. The lowest BCUT2D eigenvalue weighted by Crippen LogP contribution is -2.22. The van der Waals surface area contributed by atoms with Crippen LogP contribution in [0.4, 0.5) is 0 Å². The highest BCUT2D eigenvalue weighted by atomic mass is 35.5. The zero-order valence-corrected chi connectivity index (χ0v) is 13.7. The standard InChI is InChI=1S/C16H26ClNS/c1-3-7-16(14-8-10-15(17)11-9-14)18-12-5-4-6-13-19-2/h8-11,16,18H,3-7,12-13H2,1-2H3. The molecule has 108 valence electrons. The van der Waals surface area contributed by atoms with Crippen LogP contribution in [0.1, 0.15) is 50.6 Å². The van der Waals surface area contributed by atoms with Gasteiger partial charge in [-0.2, -0.15) is 11.8 Å². The molecule has 1 nitrogen and oxygen atoms in total. The maximum absolute atomic E-state index is 5.95. The summed E-state index contributed by atoms with van der Waals surface area (Å²) in [6, 6.07) is 8.73. The first kappa shape index (κ1) is 16.9. The van der Waals surface area contributed by atoms with Gasteiger partial charge in [0.1, 0.15) is 0 Å². The zero-order valence-electron chi connectivity index (χ0n) is 12.1. The average Bonchev–Trinajstić information content (AvgIpc) is 2.42. The summed E-state index contributed by atoms with van der Waals surface area (Å²) in [6.07, 6.45) is 8.50. The Morgan fingerprint density at radius 3 is 2.53 bits per heavy atom. The van der Waals surface area contributed by atoms with Crippen LogP contribution in [-0.4, -0.2) is 18.6 Å². The van der Waals surface area contributed by atoms with Gasteiger partial charge in [-0.1, -0.05) is 43.5 Å². The van der Waals surface area contributed by atoms with Gasteiger partial charge in [0, 0.05) is 11.1 Å². The third-order valence-corrected chi connectivity index (χ3v) is 4.21. The van der Waals surface area contributed by atoms with E-state index in [1.807, 2.05) is 23.9 Å². The van der Waals surface area contributed by atoms with Gasteiger partial charge in [0.15, 0.2) is 0 Å². The summed E-state index contributed by atoms with van der Waals surface area (Å²) in [5.74, 6) is 1.29. The van der Waals surface area contributed by atoms with Gasteiger partial charge < -0.3 is 5.32 Å². The fourth-order valence-electron chi connectivity index (χ4n) is 2.19. The molecule has 0 amide bonds. The third-order valence-electron chi connectivity index (χ3n) is 3.27. The Balaban J connectivity index is 2.34. The highest BCUT2D eigenvalue weighted by Gasteiger charge is 2.09. The van der Waals surface area contributed by atoms with Gasteiger partial charge in [-0.15, -0.1) is 0 Å². The molecule has 3 heteroatoms. The van der Waals surface area contributed by atoms with Crippen molar-refractivity contribution >= 4 is 23.4 Å². The van der Waals surface area contributed by atoms with Crippen LogP contribution in [0.3, 0.4) is 0 Å². The van der Waals surface area contributed by atoms with E-state index >= 15 is 0 Å². The number of nitrogens with one attached hydrogen (secondary N) is 1. The number of hydrogen-bond donors (Lipinski definition) is 1. The lowest BCUT2D eigenvalue weighted by Gasteiger charge is -2.18. The number of hydrogen-bond acceptors (Lipinski definition) is 2. The Hall–Kier alpha value is -0.180. The van der Waals surface area contributed by atoms with Crippen molar-refractivity contribution in [1.29, 1.82) is 0 Å². The number of rotatable bonds is 10. The minimum absolute atomic E-state index is 0.475. The van der Waals surface area contributed by atoms with E-state index < -0.39 is 0 Å². The zero-order chi connectivity index (χ0) is 13.9. The number of unbranched alkanes of at least 4 members (excludes halogenated alkanes) is 2. The van der Waals surface area contributed by atoms with Crippen molar-refractivity contribution in [3.63, 3.8) is 0 Å². The Labute approximate surface area is 127 Å². The van der Waals surface area contributed by atoms with Gasteiger partial charge in [0.05, 0.1) is 0 Å². The summed E-state index contributed by atoms with van der Waals surface area (Å²) < 4.78 is 0. The van der Waals surface area contributed by atoms with E-state index in [0.717, 1.165) is 11.6 Å². The first-order valence-electron chi connectivity index (χ1n) is 7.25. The fourth-order valence-corrected chi connectivity index (χ4v) is 2.81. The molecule has 0 saturated heterocycles. The van der Waals surface area contributed by atoms with Crippen molar-refractivity contribution in [2.24, 2.45) is 0 Å². The third kappa shape index (κ3) is 7.24. The second-order valence-electron chi connectivity index (χ2n) is 4.90. The van der Waals surface area contributed by atoms with Crippen molar-refractivity contribution in [3.8, 4) is 0 Å². The van der Waals surface area contributed by atoms with Crippen LogP contribution in [0, 0.1) is 0 Å². The quantitative estimate of drug-likeness (QED) is 0.588. The number of thioether (sulfide) groups is 1. The SMILES string of the molecule is CCCC(NCCCCCSC)c1ccc(Cl)cc1. The molecule has 0 heterocycles. The first-order valence-corrected chi connectivity index (χ1v) is 9.03. The number of halogens is 1. The van der Waals surface area contributed by atoms with Crippen molar-refractivity contribution in [3.05, 3.63) is 34.9 Å². The van der Waals surface area contributed by atoms with Gasteiger partial charge in [-0.05, 0) is 55.5 Å². The summed E-state index contributed by atoms with van der Waals surface area (Å²) in [7, 11) is 0. The Kier molecular flexibility index (Phi) is 9.40. The van der Waals surface area contributed by atoms with E-state index in [4.69, 9.17) is 11.6 Å². The van der Waals surface area contributed by atoms with E-state index in [1.165, 1.54) is 43.4 Å². The van der Waals surface area contributed by atoms with E-state index in [-0.39, 0.29) is 0 Å². The molecule has 0 spiro atoms. The lowest BCUT2D eigenvalue weighted by atomic mass is 10.0. The topological polar surface area (TPSA) is 12.0 Å². The summed E-state index contributed by atoms with van der Waals surface area (Å²) in [5, 5.41) is 4.50. The van der Waals surface area contributed by atoms with Crippen LogP contribution >= 0.6 is 23.4 Å². The highest BCUT2D eigenvalue weighted by molar-refractivity contribution is 7.98. The van der Waals surface area contributed by atoms with Crippen LogP contribution in [0.5, 0.6) is 0 Å². The Morgan fingerprint density at radius 2 is 1.89 bits per heavy atom. The van der Waals surface area contributed by atoms with Crippen molar-refractivity contribution in [2.75, 3.05) is 18.6 Å². The van der Waals surface area contributed by atoms with E-state index in [0.29, 0.717) is 6.04 Å². The molecule has 1 rings (SSSR count). The second-order valence-corrected chi connectivity index (χ2v) is 6.32. The molecule has 0 bridgehead atoms. The predicted molar refractivity (Wildman–Crippen MR) is 89.3 cm³/mol. The van der Waals surface area contributed by atoms with E-state index in [9.17, 15) is 0 Å². The molecule has 0 fully saturated rings. The molecule has 0 saturated carbocycles. The smallest absolute Gasteiger partial charge is 0.0406 e. The second kappa shape index (κ2) is 10.6. The maximum atomic E-state index is 5.95. The van der Waals surface area contributed by atoms with Gasteiger partial charge in [0.2, 0.25) is 0 Å². The molecular formula is C16H26ClNS. The van der Waals surface area contributed by atoms with Crippen LogP contribution < -0.4 is 5.32 Å². The van der Waals surface area contributed by atoms with Crippen LogP contribution in [0.2, 0.25) is 5.02 Å². The van der Waals surface area contributed by atoms with E-state index in [2.05, 4.69) is 30.6 Å². The minimum Gasteiger partial charge on any atom is -0.310 e. The molecular weight excluding hydrogens is 274 g/mol. The predicted octanol–water partition coefficient (Wildman–Crippen LogP) is 5.30. The lowest BCUT2D eigenvalue weighted by molar-refractivity contribution is 0.481. The molecule has 0 radical (unpaired) electrons. The summed E-state index contributed by atoms with van der Waals surface area (Å²) in [6.45, 7) is 3.35. The molecule has 19 heavy (non-hydrogen) atoms. The van der Waals surface area contributed by atoms with Gasteiger partial charge in [0.25, 0.3) is 0 Å². The molecule has 0 aromatic heterocycles. The highest BCUT2D eigenvalue weighted by Crippen LogP contribution is 2.20. The van der Waals surface area contributed by atoms with Crippen LogP contribution in [-0.2, 0) is 0 Å². The molecule has 1 atom stereocenters. The largest absolute Gasteiger partial charge is 0.310 e. The summed E-state index contributed by atoms with van der Waals surface area (Å²) >= 11 is 7.89. The summed E-state index contributed by atoms with van der Waals surface area (Å²) in [4.78, 5) is 0. The molecule has 0 aliphatic carbocycles. The molecule has 0 aliphatic rings. The Morgan fingerprint density at radius 1 is 1.16 bits per heavy atom. The summed E-state index contributed by atoms with van der Waals surface area (Å²) in [5.41, 5.74) is 1.36. The fraction of sp³-hybridized carbons (Fsp3) is 0.625. The molecule has 0 aliphatic heterocycles. The monoisotopic (exact) mass is 299 g/mol. The minimum atomic E-state index is 0.475.